The minimum absolute atomic E-state index is 0.0900. The molecule has 0 radical (unpaired) electrons. The number of rotatable bonds is 5. The molecule has 0 atom stereocenters. The molecule has 26 heavy (non-hydrogen) atoms. The average Bonchev–Trinajstić information content (AvgIpc) is 3.25. The number of carbonyl (C=O) groups is 1. The first-order chi connectivity index (χ1) is 12.6. The summed E-state index contributed by atoms with van der Waals surface area (Å²) in [7, 11) is 0. The maximum atomic E-state index is 12.9. The molecule has 2 aromatic rings. The van der Waals surface area contributed by atoms with Crippen molar-refractivity contribution in [1.82, 2.24) is 20.3 Å². The number of nitrogens with two attached hydrogens (primary N) is 1. The molecule has 0 unspecified atom stereocenters. The van der Waals surface area contributed by atoms with E-state index < -0.39 is 5.60 Å². The van der Waals surface area contributed by atoms with Crippen molar-refractivity contribution in [1.29, 1.82) is 0 Å². The van der Waals surface area contributed by atoms with Gasteiger partial charge in [0.25, 0.3) is 5.91 Å². The number of hydrogen-bond donors (Lipinski definition) is 2. The number of nitrogens with one attached hydrogen (secondary N) is 1. The van der Waals surface area contributed by atoms with Gasteiger partial charge >= 0.3 is 0 Å². The fourth-order valence-corrected chi connectivity index (χ4v) is 4.57. The zero-order chi connectivity index (χ0) is 17.8. The van der Waals surface area contributed by atoms with Gasteiger partial charge in [-0.2, -0.15) is 0 Å². The Balaban J connectivity index is 1.35. The highest BCUT2D eigenvalue weighted by Crippen LogP contribution is 2.62. The van der Waals surface area contributed by atoms with Crippen molar-refractivity contribution in [2.24, 2.45) is 5.73 Å². The predicted molar refractivity (Wildman–Crippen MR) is 91.4 cm³/mol. The van der Waals surface area contributed by atoms with Crippen molar-refractivity contribution >= 4 is 5.91 Å². The summed E-state index contributed by atoms with van der Waals surface area (Å²) in [6.45, 7) is 2.08. The van der Waals surface area contributed by atoms with E-state index in [0.29, 0.717) is 31.9 Å². The van der Waals surface area contributed by atoms with Gasteiger partial charge in [-0.3, -0.25) is 4.79 Å². The summed E-state index contributed by atoms with van der Waals surface area (Å²) in [5.41, 5.74) is 6.44. The molecule has 4 fully saturated rings. The van der Waals surface area contributed by atoms with Crippen LogP contribution in [0.5, 0.6) is 0 Å². The first-order valence-electron chi connectivity index (χ1n) is 8.81. The van der Waals surface area contributed by atoms with Crippen LogP contribution in [-0.4, -0.2) is 57.4 Å². The third-order valence-electron chi connectivity index (χ3n) is 5.93. The Labute approximate surface area is 150 Å². The van der Waals surface area contributed by atoms with Gasteiger partial charge in [-0.1, -0.05) is 17.3 Å². The molecule has 1 amide bonds. The molecule has 1 aromatic heterocycles. The average molecular weight is 355 g/mol. The Kier molecular flexibility index (Phi) is 3.28. The number of benzene rings is 1. The van der Waals surface area contributed by atoms with Gasteiger partial charge in [-0.25, -0.2) is 4.68 Å². The van der Waals surface area contributed by atoms with Crippen molar-refractivity contribution in [3.05, 3.63) is 47.8 Å². The van der Waals surface area contributed by atoms with Crippen LogP contribution in [-0.2, 0) is 16.0 Å². The Bertz CT molecular complexity index is 840. The first kappa shape index (κ1) is 15.9. The molecule has 3 aliphatic heterocycles. The summed E-state index contributed by atoms with van der Waals surface area (Å²) in [5, 5.41) is 11.0. The lowest BCUT2D eigenvalue weighted by Gasteiger charge is -2.51. The van der Waals surface area contributed by atoms with Crippen molar-refractivity contribution in [3.8, 4) is 0 Å². The number of aromatic nitrogens is 3. The predicted octanol–water partition coefficient (Wildman–Crippen LogP) is 0.0855. The van der Waals surface area contributed by atoms with Crippen LogP contribution in [0, 0.1) is 0 Å². The standard InChI is InChI=1S/C18H21N5O3/c19-10-16-8-17(9-16,18(26-16)11-25-12-18)21-15(24)14-3-1-2-13(6-14)7-23-5-4-20-22-23/h1-6H,7-12,19H2,(H,21,24). The minimum atomic E-state index is -0.416. The highest BCUT2D eigenvalue weighted by atomic mass is 16.6. The number of amides is 1. The van der Waals surface area contributed by atoms with E-state index in [4.69, 9.17) is 15.2 Å². The third-order valence-corrected chi connectivity index (χ3v) is 5.93. The molecule has 8 nitrogen and oxygen atoms in total. The molecule has 4 heterocycles. The van der Waals surface area contributed by atoms with Crippen LogP contribution in [0.25, 0.3) is 0 Å². The number of nitrogens with zero attached hydrogens (tertiary/aromatic N) is 3. The van der Waals surface area contributed by atoms with Crippen molar-refractivity contribution in [3.63, 3.8) is 0 Å². The van der Waals surface area contributed by atoms with E-state index in [-0.39, 0.29) is 17.0 Å². The Morgan fingerprint density at radius 1 is 1.35 bits per heavy atom. The van der Waals surface area contributed by atoms with Crippen LogP contribution in [0.15, 0.2) is 36.7 Å². The summed E-state index contributed by atoms with van der Waals surface area (Å²) in [6.07, 6.45) is 4.94. The van der Waals surface area contributed by atoms with Gasteiger partial charge in [0, 0.05) is 31.1 Å². The van der Waals surface area contributed by atoms with Crippen LogP contribution in [0.2, 0.25) is 0 Å². The van der Waals surface area contributed by atoms with E-state index in [9.17, 15) is 4.79 Å². The van der Waals surface area contributed by atoms with Crippen LogP contribution < -0.4 is 11.1 Å². The monoisotopic (exact) mass is 355 g/mol. The molecule has 3 N–H and O–H groups in total. The van der Waals surface area contributed by atoms with Gasteiger partial charge in [0.05, 0.1) is 37.1 Å². The number of hydrogen-bond acceptors (Lipinski definition) is 6. The molecule has 136 valence electrons. The molecule has 8 heteroatoms. The van der Waals surface area contributed by atoms with Crippen molar-refractivity contribution in [2.75, 3.05) is 19.8 Å². The second-order valence-electron chi connectivity index (χ2n) is 7.67. The van der Waals surface area contributed by atoms with E-state index in [0.717, 1.165) is 18.4 Å². The topological polar surface area (TPSA) is 104 Å². The van der Waals surface area contributed by atoms with E-state index in [2.05, 4.69) is 15.6 Å². The highest BCUT2D eigenvalue weighted by molar-refractivity contribution is 5.95. The van der Waals surface area contributed by atoms with Crippen LogP contribution in [0.3, 0.4) is 0 Å². The molecular weight excluding hydrogens is 334 g/mol. The molecule has 3 saturated heterocycles. The molecule has 1 spiro atoms. The Morgan fingerprint density at radius 2 is 2.19 bits per heavy atom. The first-order valence-corrected chi connectivity index (χ1v) is 8.81. The Hall–Kier alpha value is -2.29. The third kappa shape index (κ3) is 2.16. The summed E-state index contributed by atoms with van der Waals surface area (Å²) in [4.78, 5) is 12.9. The molecule has 6 rings (SSSR count). The quantitative estimate of drug-likeness (QED) is 0.787. The van der Waals surface area contributed by atoms with Crippen LogP contribution >= 0.6 is 0 Å². The number of ether oxygens (including phenoxy) is 2. The normalized spacial score (nSPS) is 30.7. The fourth-order valence-electron chi connectivity index (χ4n) is 4.57. The minimum Gasteiger partial charge on any atom is -0.375 e. The van der Waals surface area contributed by atoms with Gasteiger partial charge in [0.2, 0.25) is 0 Å². The Morgan fingerprint density at radius 3 is 2.85 bits per heavy atom. The smallest absolute Gasteiger partial charge is 0.251 e. The maximum absolute atomic E-state index is 12.9. The van der Waals surface area contributed by atoms with Crippen molar-refractivity contribution in [2.45, 2.75) is 36.1 Å². The lowest BCUT2D eigenvalue weighted by atomic mass is 9.61. The summed E-state index contributed by atoms with van der Waals surface area (Å²) < 4.78 is 13.4. The zero-order valence-electron chi connectivity index (χ0n) is 14.4. The van der Waals surface area contributed by atoms with E-state index in [1.165, 1.54) is 0 Å². The summed E-state index contributed by atoms with van der Waals surface area (Å²) >= 11 is 0. The van der Waals surface area contributed by atoms with E-state index in [1.807, 2.05) is 24.3 Å². The van der Waals surface area contributed by atoms with Gasteiger partial charge in [-0.15, -0.1) is 5.10 Å². The SMILES string of the molecule is NCC12CC(NC(=O)c3cccc(Cn4ccnn4)c3)(C1)C1(COC1)O2. The number of carbonyl (C=O) groups excluding carboxylic acids is 1. The summed E-state index contributed by atoms with van der Waals surface area (Å²) in [6, 6.07) is 7.57. The zero-order valence-corrected chi connectivity index (χ0v) is 14.4. The largest absolute Gasteiger partial charge is 0.375 e. The lowest BCUT2D eigenvalue weighted by molar-refractivity contribution is -0.206. The van der Waals surface area contributed by atoms with Gasteiger partial charge in [0.1, 0.15) is 5.60 Å². The van der Waals surface area contributed by atoms with Crippen molar-refractivity contribution < 1.29 is 14.3 Å². The van der Waals surface area contributed by atoms with E-state index in [1.54, 1.807) is 17.1 Å². The van der Waals surface area contributed by atoms with Crippen LogP contribution in [0.1, 0.15) is 28.8 Å². The second kappa shape index (κ2) is 5.35. The highest BCUT2D eigenvalue weighted by Gasteiger charge is 2.77. The molecular formula is C18H21N5O3. The van der Waals surface area contributed by atoms with Gasteiger partial charge in [0.15, 0.2) is 0 Å². The van der Waals surface area contributed by atoms with Gasteiger partial charge < -0.3 is 20.5 Å². The second-order valence-corrected chi connectivity index (χ2v) is 7.67. The molecule has 1 aromatic carbocycles. The summed E-state index contributed by atoms with van der Waals surface area (Å²) in [5.74, 6) is -0.0900. The molecule has 4 aliphatic rings. The fraction of sp³-hybridized carbons (Fsp3) is 0.500. The van der Waals surface area contributed by atoms with Crippen LogP contribution in [0.4, 0.5) is 0 Å². The molecule has 1 saturated carbocycles. The lowest BCUT2D eigenvalue weighted by Crippen LogP contribution is -2.72. The van der Waals surface area contributed by atoms with E-state index >= 15 is 0 Å². The van der Waals surface area contributed by atoms with Gasteiger partial charge in [-0.05, 0) is 17.7 Å². The molecule has 1 aliphatic carbocycles. The molecule has 2 bridgehead atoms. The maximum Gasteiger partial charge on any atom is 0.251 e.